The zero-order chi connectivity index (χ0) is 13.7. The van der Waals surface area contributed by atoms with Crippen LogP contribution in [-0.2, 0) is 6.54 Å². The van der Waals surface area contributed by atoms with E-state index in [-0.39, 0.29) is 5.02 Å². The highest BCUT2D eigenvalue weighted by Gasteiger charge is 2.11. The number of nitrogens with zero attached hydrogens (tertiary/aromatic N) is 1. The fraction of sp³-hybridized carbons (Fsp3) is 0.133. The lowest BCUT2D eigenvalue weighted by molar-refractivity contribution is 0.614. The molecule has 1 N–H and O–H groups in total. The molecule has 1 atom stereocenters. The van der Waals surface area contributed by atoms with Crippen molar-refractivity contribution < 1.29 is 4.39 Å². The molecule has 0 amide bonds. The summed E-state index contributed by atoms with van der Waals surface area (Å²) in [6.45, 7) is 0.564. The number of benzene rings is 2. The Balaban J connectivity index is 2.08. The van der Waals surface area contributed by atoms with Gasteiger partial charge in [-0.3, -0.25) is 5.32 Å². The normalized spacial score (nSPS) is 11.8. The van der Waals surface area contributed by atoms with E-state index in [1.54, 1.807) is 6.07 Å². The fourth-order valence-electron chi connectivity index (χ4n) is 1.75. The second kappa shape index (κ2) is 6.33. The van der Waals surface area contributed by atoms with Crippen molar-refractivity contribution in [2.75, 3.05) is 0 Å². The molecule has 0 aliphatic carbocycles. The Morgan fingerprint density at radius 2 is 1.95 bits per heavy atom. The Morgan fingerprint density at radius 1 is 1.21 bits per heavy atom. The molecule has 0 saturated heterocycles. The summed E-state index contributed by atoms with van der Waals surface area (Å²) in [6.07, 6.45) is 0. The third-order valence-corrected chi connectivity index (χ3v) is 3.05. The number of halogens is 2. The molecule has 2 nitrogen and oxygen atoms in total. The van der Waals surface area contributed by atoms with Crippen LogP contribution in [0.4, 0.5) is 4.39 Å². The molecule has 0 fully saturated rings. The van der Waals surface area contributed by atoms with Crippen molar-refractivity contribution >= 4 is 11.6 Å². The quantitative estimate of drug-likeness (QED) is 0.920. The minimum atomic E-state index is -0.515. The Kier molecular flexibility index (Phi) is 4.51. The molecule has 0 aromatic heterocycles. The molecule has 2 aromatic carbocycles. The maximum Gasteiger partial charge on any atom is 0.141 e. The minimum absolute atomic E-state index is 0.0271. The van der Waals surface area contributed by atoms with Gasteiger partial charge in [-0.05, 0) is 23.3 Å². The lowest BCUT2D eigenvalue weighted by atomic mass is 10.1. The molecule has 2 aromatic rings. The van der Waals surface area contributed by atoms with E-state index < -0.39 is 11.9 Å². The molecule has 4 heteroatoms. The van der Waals surface area contributed by atoms with Gasteiger partial charge in [-0.1, -0.05) is 48.0 Å². The van der Waals surface area contributed by atoms with Gasteiger partial charge in [-0.15, -0.1) is 0 Å². The third kappa shape index (κ3) is 3.54. The minimum Gasteiger partial charge on any atom is -0.294 e. The van der Waals surface area contributed by atoms with E-state index in [0.717, 1.165) is 5.56 Å². The number of nitrogens with one attached hydrogen (secondary N) is 1. The average molecular weight is 275 g/mol. The van der Waals surface area contributed by atoms with Crippen LogP contribution in [0, 0.1) is 17.1 Å². The Morgan fingerprint density at radius 3 is 2.58 bits per heavy atom. The predicted octanol–water partition coefficient (Wildman–Crippen LogP) is 3.83. The highest BCUT2D eigenvalue weighted by molar-refractivity contribution is 6.30. The molecule has 0 spiro atoms. The molecule has 19 heavy (non-hydrogen) atoms. The first-order valence-electron chi connectivity index (χ1n) is 5.82. The van der Waals surface area contributed by atoms with Crippen molar-refractivity contribution in [3.05, 3.63) is 70.5 Å². The first kappa shape index (κ1) is 13.5. The van der Waals surface area contributed by atoms with Crippen molar-refractivity contribution in [3.63, 3.8) is 0 Å². The Hall–Kier alpha value is -1.89. The SMILES string of the molecule is N#CC(NCc1ccccc1)c1ccc(F)c(Cl)c1. The first-order valence-corrected chi connectivity index (χ1v) is 6.20. The highest BCUT2D eigenvalue weighted by atomic mass is 35.5. The van der Waals surface area contributed by atoms with Crippen LogP contribution in [0.15, 0.2) is 48.5 Å². The number of hydrogen-bond donors (Lipinski definition) is 1. The van der Waals surface area contributed by atoms with Gasteiger partial charge in [0.15, 0.2) is 0 Å². The lowest BCUT2D eigenvalue weighted by Crippen LogP contribution is -2.19. The topological polar surface area (TPSA) is 35.8 Å². The molecule has 0 heterocycles. The first-order chi connectivity index (χ1) is 9.20. The molecule has 0 aliphatic rings. The third-order valence-electron chi connectivity index (χ3n) is 2.76. The van der Waals surface area contributed by atoms with Crippen LogP contribution in [0.2, 0.25) is 5.02 Å². The molecule has 0 bridgehead atoms. The monoisotopic (exact) mass is 274 g/mol. The van der Waals surface area contributed by atoms with E-state index in [2.05, 4.69) is 11.4 Å². The average Bonchev–Trinajstić information content (AvgIpc) is 2.44. The van der Waals surface area contributed by atoms with Crippen LogP contribution in [0.1, 0.15) is 17.2 Å². The van der Waals surface area contributed by atoms with Crippen LogP contribution >= 0.6 is 11.6 Å². The molecule has 0 radical (unpaired) electrons. The summed E-state index contributed by atoms with van der Waals surface area (Å²) in [6, 6.07) is 15.7. The van der Waals surface area contributed by atoms with Gasteiger partial charge in [0.2, 0.25) is 0 Å². The van der Waals surface area contributed by atoms with Gasteiger partial charge in [0.05, 0.1) is 11.1 Å². The Bertz CT molecular complexity index is 593. The van der Waals surface area contributed by atoms with Gasteiger partial charge < -0.3 is 0 Å². The van der Waals surface area contributed by atoms with E-state index in [9.17, 15) is 4.39 Å². The zero-order valence-electron chi connectivity index (χ0n) is 10.1. The second-order valence-corrected chi connectivity index (χ2v) is 4.51. The zero-order valence-corrected chi connectivity index (χ0v) is 10.9. The van der Waals surface area contributed by atoms with E-state index in [1.165, 1.54) is 12.1 Å². The number of hydrogen-bond acceptors (Lipinski definition) is 2. The van der Waals surface area contributed by atoms with E-state index in [4.69, 9.17) is 16.9 Å². The van der Waals surface area contributed by atoms with Gasteiger partial charge in [0.1, 0.15) is 11.9 Å². The maximum absolute atomic E-state index is 13.1. The molecular formula is C15H12ClFN2. The van der Waals surface area contributed by atoms with Crippen molar-refractivity contribution in [1.29, 1.82) is 5.26 Å². The van der Waals surface area contributed by atoms with Crippen molar-refractivity contribution in [1.82, 2.24) is 5.32 Å². The van der Waals surface area contributed by atoms with Gasteiger partial charge in [0, 0.05) is 6.54 Å². The molecular weight excluding hydrogens is 263 g/mol. The maximum atomic E-state index is 13.1. The standard InChI is InChI=1S/C15H12ClFN2/c16-13-8-12(6-7-14(13)17)15(9-18)19-10-11-4-2-1-3-5-11/h1-8,15,19H,10H2. The van der Waals surface area contributed by atoms with Crippen LogP contribution in [0.3, 0.4) is 0 Å². The lowest BCUT2D eigenvalue weighted by Gasteiger charge is -2.12. The van der Waals surface area contributed by atoms with E-state index >= 15 is 0 Å². The summed E-state index contributed by atoms with van der Waals surface area (Å²) in [5.41, 5.74) is 1.74. The molecule has 0 saturated carbocycles. The summed E-state index contributed by atoms with van der Waals surface area (Å²) in [5.74, 6) is -0.481. The van der Waals surface area contributed by atoms with Crippen LogP contribution < -0.4 is 5.32 Å². The summed E-state index contributed by atoms with van der Waals surface area (Å²) in [4.78, 5) is 0. The van der Waals surface area contributed by atoms with Crippen LogP contribution in [0.5, 0.6) is 0 Å². The second-order valence-electron chi connectivity index (χ2n) is 4.10. The van der Waals surface area contributed by atoms with E-state index in [1.807, 2.05) is 30.3 Å². The largest absolute Gasteiger partial charge is 0.294 e. The van der Waals surface area contributed by atoms with Gasteiger partial charge in [-0.2, -0.15) is 5.26 Å². The predicted molar refractivity (Wildman–Crippen MR) is 73.0 cm³/mol. The van der Waals surface area contributed by atoms with Crippen molar-refractivity contribution in [2.45, 2.75) is 12.6 Å². The fourth-order valence-corrected chi connectivity index (χ4v) is 1.93. The van der Waals surface area contributed by atoms with Crippen LogP contribution in [-0.4, -0.2) is 0 Å². The molecule has 96 valence electrons. The summed E-state index contributed by atoms with van der Waals surface area (Å²) in [7, 11) is 0. The summed E-state index contributed by atoms with van der Waals surface area (Å²) in [5, 5.41) is 12.3. The molecule has 0 aliphatic heterocycles. The highest BCUT2D eigenvalue weighted by Crippen LogP contribution is 2.20. The van der Waals surface area contributed by atoms with Gasteiger partial charge in [-0.25, -0.2) is 4.39 Å². The summed E-state index contributed by atoms with van der Waals surface area (Å²) < 4.78 is 13.1. The van der Waals surface area contributed by atoms with Crippen molar-refractivity contribution in [2.24, 2.45) is 0 Å². The molecule has 2 rings (SSSR count). The van der Waals surface area contributed by atoms with Gasteiger partial charge in [0.25, 0.3) is 0 Å². The number of rotatable bonds is 4. The van der Waals surface area contributed by atoms with E-state index in [0.29, 0.717) is 12.1 Å². The smallest absolute Gasteiger partial charge is 0.141 e. The molecule has 1 unspecified atom stereocenters. The van der Waals surface area contributed by atoms with Gasteiger partial charge >= 0.3 is 0 Å². The van der Waals surface area contributed by atoms with Crippen LogP contribution in [0.25, 0.3) is 0 Å². The Labute approximate surface area is 116 Å². The summed E-state index contributed by atoms with van der Waals surface area (Å²) >= 11 is 5.72. The number of nitriles is 1. The van der Waals surface area contributed by atoms with Crippen molar-refractivity contribution in [3.8, 4) is 6.07 Å².